The van der Waals surface area contributed by atoms with Crippen LogP contribution in [0.5, 0.6) is 0 Å². The van der Waals surface area contributed by atoms with E-state index in [1.165, 1.54) is 0 Å². The first kappa shape index (κ1) is 13.9. The fourth-order valence-corrected chi connectivity index (χ4v) is 2.21. The molecule has 1 aliphatic heterocycles. The molecule has 0 aliphatic carbocycles. The Balaban J connectivity index is 1.94. The van der Waals surface area contributed by atoms with Crippen LogP contribution in [0.15, 0.2) is 18.2 Å². The number of hydrogen-bond acceptors (Lipinski definition) is 3. The zero-order valence-electron chi connectivity index (χ0n) is 10.8. The number of aryl methyl sites for hydroxylation is 1. The lowest BCUT2D eigenvalue weighted by molar-refractivity contribution is -0.120. The van der Waals surface area contributed by atoms with Crippen LogP contribution in [0.2, 0.25) is 5.02 Å². The summed E-state index contributed by atoms with van der Waals surface area (Å²) in [6.07, 6.45) is 2.11. The third-order valence-corrected chi connectivity index (χ3v) is 3.72. The van der Waals surface area contributed by atoms with Gasteiger partial charge in [0.25, 0.3) is 0 Å². The van der Waals surface area contributed by atoms with Crippen molar-refractivity contribution in [3.63, 3.8) is 0 Å². The molecule has 0 spiro atoms. The molecule has 1 aliphatic rings. The summed E-state index contributed by atoms with van der Waals surface area (Å²) in [7, 11) is 0. The van der Waals surface area contributed by atoms with E-state index in [0.29, 0.717) is 36.5 Å². The Kier molecular flexibility index (Phi) is 4.43. The van der Waals surface area contributed by atoms with Crippen molar-refractivity contribution in [1.29, 1.82) is 0 Å². The van der Waals surface area contributed by atoms with E-state index in [-0.39, 0.29) is 12.1 Å². The van der Waals surface area contributed by atoms with Crippen molar-refractivity contribution in [2.24, 2.45) is 0 Å². The van der Waals surface area contributed by atoms with Gasteiger partial charge in [0.1, 0.15) is 6.10 Å². The summed E-state index contributed by atoms with van der Waals surface area (Å²) < 4.78 is 5.44. The number of nitrogens with zero attached hydrogens (tertiary/aromatic N) is 1. The van der Waals surface area contributed by atoms with E-state index >= 15 is 0 Å². The predicted molar refractivity (Wildman–Crippen MR) is 72.3 cm³/mol. The molecule has 2 rings (SSSR count). The highest BCUT2D eigenvalue weighted by Crippen LogP contribution is 2.19. The number of hydrogen-bond donors (Lipinski definition) is 0. The smallest absolute Gasteiger partial charge is 0.338 e. The van der Waals surface area contributed by atoms with Crippen molar-refractivity contribution in [3.05, 3.63) is 34.3 Å². The number of amides is 1. The molecule has 0 atom stereocenters. The number of esters is 1. The van der Waals surface area contributed by atoms with Crippen LogP contribution in [0.1, 0.15) is 28.8 Å². The second-order valence-electron chi connectivity index (χ2n) is 4.71. The van der Waals surface area contributed by atoms with Crippen molar-refractivity contribution in [2.75, 3.05) is 13.1 Å². The number of carbonyl (C=O) groups excluding carboxylic acids is 2. The molecule has 4 nitrogen and oxygen atoms in total. The lowest BCUT2D eigenvalue weighted by atomic mass is 10.1. The van der Waals surface area contributed by atoms with Crippen molar-refractivity contribution in [3.8, 4) is 0 Å². The molecule has 0 N–H and O–H groups in total. The summed E-state index contributed by atoms with van der Waals surface area (Å²) in [6.45, 7) is 3.13. The van der Waals surface area contributed by atoms with Crippen molar-refractivity contribution >= 4 is 24.0 Å². The van der Waals surface area contributed by atoms with Crippen LogP contribution in [0.4, 0.5) is 0 Å². The monoisotopic (exact) mass is 281 g/mol. The van der Waals surface area contributed by atoms with Gasteiger partial charge in [-0.1, -0.05) is 11.6 Å². The molecule has 1 aromatic rings. The van der Waals surface area contributed by atoms with E-state index in [1.54, 1.807) is 23.1 Å². The van der Waals surface area contributed by atoms with E-state index < -0.39 is 0 Å². The molecule has 1 fully saturated rings. The molecule has 5 heteroatoms. The van der Waals surface area contributed by atoms with Gasteiger partial charge in [-0.3, -0.25) is 4.79 Å². The Morgan fingerprint density at radius 1 is 1.42 bits per heavy atom. The normalized spacial score (nSPS) is 16.2. The van der Waals surface area contributed by atoms with Gasteiger partial charge >= 0.3 is 5.97 Å². The van der Waals surface area contributed by atoms with Crippen LogP contribution in [0.3, 0.4) is 0 Å². The molecular weight excluding hydrogens is 266 g/mol. The highest BCUT2D eigenvalue weighted by Gasteiger charge is 2.22. The molecule has 0 aromatic heterocycles. The van der Waals surface area contributed by atoms with Gasteiger partial charge in [0.05, 0.1) is 5.56 Å². The van der Waals surface area contributed by atoms with Crippen molar-refractivity contribution in [2.45, 2.75) is 25.9 Å². The van der Waals surface area contributed by atoms with Gasteiger partial charge in [0.15, 0.2) is 0 Å². The van der Waals surface area contributed by atoms with Crippen LogP contribution < -0.4 is 0 Å². The van der Waals surface area contributed by atoms with Gasteiger partial charge in [-0.2, -0.15) is 0 Å². The third kappa shape index (κ3) is 3.47. The number of carbonyl (C=O) groups is 2. The Labute approximate surface area is 117 Å². The lowest BCUT2D eigenvalue weighted by Crippen LogP contribution is -2.36. The number of halogens is 1. The fourth-order valence-electron chi connectivity index (χ4n) is 2.09. The van der Waals surface area contributed by atoms with Crippen LogP contribution in [-0.4, -0.2) is 36.5 Å². The second-order valence-corrected chi connectivity index (χ2v) is 5.12. The summed E-state index contributed by atoms with van der Waals surface area (Å²) in [6, 6.07) is 5.09. The number of likely N-dealkylation sites (tertiary alicyclic amines) is 1. The van der Waals surface area contributed by atoms with E-state index in [1.807, 2.05) is 6.92 Å². The number of piperidine rings is 1. The van der Waals surface area contributed by atoms with E-state index in [2.05, 4.69) is 0 Å². The first-order chi connectivity index (χ1) is 9.10. The molecule has 1 heterocycles. The Morgan fingerprint density at radius 2 is 2.11 bits per heavy atom. The average Bonchev–Trinajstić information content (AvgIpc) is 2.42. The minimum atomic E-state index is -0.329. The third-order valence-electron chi connectivity index (χ3n) is 3.29. The van der Waals surface area contributed by atoms with Crippen LogP contribution >= 0.6 is 11.6 Å². The molecule has 19 heavy (non-hydrogen) atoms. The highest BCUT2D eigenvalue weighted by atomic mass is 35.5. The summed E-state index contributed by atoms with van der Waals surface area (Å²) in [5.74, 6) is -0.329. The van der Waals surface area contributed by atoms with E-state index in [9.17, 15) is 9.59 Å². The molecule has 102 valence electrons. The Bertz CT molecular complexity index is 482. The minimum absolute atomic E-state index is 0.111. The lowest BCUT2D eigenvalue weighted by Gasteiger charge is -2.28. The quantitative estimate of drug-likeness (QED) is 0.631. The first-order valence-electron chi connectivity index (χ1n) is 6.26. The SMILES string of the molecule is Cc1cc(C(=O)OC2CCN(C=O)CC2)ccc1Cl. The predicted octanol–water partition coefficient (Wildman–Crippen LogP) is 2.43. The highest BCUT2D eigenvalue weighted by molar-refractivity contribution is 6.31. The number of ether oxygens (including phenoxy) is 1. The number of benzene rings is 1. The zero-order chi connectivity index (χ0) is 13.8. The largest absolute Gasteiger partial charge is 0.459 e. The molecule has 1 amide bonds. The van der Waals surface area contributed by atoms with Crippen LogP contribution in [-0.2, 0) is 9.53 Å². The van der Waals surface area contributed by atoms with Crippen molar-refractivity contribution < 1.29 is 14.3 Å². The summed E-state index contributed by atoms with van der Waals surface area (Å²) >= 11 is 5.92. The summed E-state index contributed by atoms with van der Waals surface area (Å²) in [4.78, 5) is 24.3. The molecule has 1 saturated heterocycles. The Morgan fingerprint density at radius 3 is 2.68 bits per heavy atom. The average molecular weight is 282 g/mol. The maximum atomic E-state index is 12.0. The standard InChI is InChI=1S/C14H16ClNO3/c1-10-8-11(2-3-13(10)15)14(18)19-12-4-6-16(9-17)7-5-12/h2-3,8-9,12H,4-7H2,1H3. The van der Waals surface area contributed by atoms with Gasteiger partial charge in [-0.25, -0.2) is 4.79 Å². The molecule has 0 radical (unpaired) electrons. The first-order valence-corrected chi connectivity index (χ1v) is 6.64. The second kappa shape index (κ2) is 6.06. The molecular formula is C14H16ClNO3. The minimum Gasteiger partial charge on any atom is -0.459 e. The van der Waals surface area contributed by atoms with Crippen LogP contribution in [0, 0.1) is 6.92 Å². The molecule has 0 unspecified atom stereocenters. The Hall–Kier alpha value is -1.55. The molecule has 0 bridgehead atoms. The maximum Gasteiger partial charge on any atom is 0.338 e. The van der Waals surface area contributed by atoms with E-state index in [0.717, 1.165) is 12.0 Å². The zero-order valence-corrected chi connectivity index (χ0v) is 11.5. The number of rotatable bonds is 3. The summed E-state index contributed by atoms with van der Waals surface area (Å²) in [5.41, 5.74) is 1.37. The van der Waals surface area contributed by atoms with Gasteiger partial charge in [0.2, 0.25) is 6.41 Å². The van der Waals surface area contributed by atoms with Crippen molar-refractivity contribution in [1.82, 2.24) is 4.90 Å². The van der Waals surface area contributed by atoms with Crippen LogP contribution in [0.25, 0.3) is 0 Å². The van der Waals surface area contributed by atoms with Gasteiger partial charge in [0, 0.05) is 31.0 Å². The van der Waals surface area contributed by atoms with Gasteiger partial charge in [-0.05, 0) is 30.7 Å². The van der Waals surface area contributed by atoms with Gasteiger partial charge in [-0.15, -0.1) is 0 Å². The molecule has 0 saturated carbocycles. The van der Waals surface area contributed by atoms with Gasteiger partial charge < -0.3 is 9.64 Å². The molecule has 1 aromatic carbocycles. The topological polar surface area (TPSA) is 46.6 Å². The fraction of sp³-hybridized carbons (Fsp3) is 0.429. The van der Waals surface area contributed by atoms with E-state index in [4.69, 9.17) is 16.3 Å². The summed E-state index contributed by atoms with van der Waals surface area (Å²) in [5, 5.41) is 0.635. The maximum absolute atomic E-state index is 12.0.